The Morgan fingerprint density at radius 3 is 2.43 bits per heavy atom. The van der Waals surface area contributed by atoms with Crippen LogP contribution in [0, 0.1) is 0 Å². The van der Waals surface area contributed by atoms with Crippen LogP contribution in [-0.2, 0) is 16.4 Å². The first kappa shape index (κ1) is 20.7. The topological polar surface area (TPSA) is 66.5 Å². The molecule has 1 amide bonds. The van der Waals surface area contributed by atoms with E-state index in [1.807, 2.05) is 6.92 Å². The maximum absolute atomic E-state index is 13.2. The van der Waals surface area contributed by atoms with Gasteiger partial charge in [-0.15, -0.1) is 0 Å². The van der Waals surface area contributed by atoms with Crippen molar-refractivity contribution in [1.82, 2.24) is 0 Å². The van der Waals surface area contributed by atoms with Crippen LogP contribution in [0.5, 0.6) is 0 Å². The fraction of sp³-hybridized carbons (Fsp3) is 0.136. The van der Waals surface area contributed by atoms with Gasteiger partial charge in [-0.25, -0.2) is 8.42 Å². The highest BCUT2D eigenvalue weighted by molar-refractivity contribution is 7.92. The molecule has 0 unspecified atom stereocenters. The quantitative estimate of drug-likeness (QED) is 0.567. The number of rotatable bonds is 4. The van der Waals surface area contributed by atoms with Crippen molar-refractivity contribution in [2.45, 2.75) is 24.3 Å². The number of benzene rings is 3. The molecular formula is C22H18Cl2N2O3S. The van der Waals surface area contributed by atoms with Gasteiger partial charge in [0.25, 0.3) is 15.9 Å². The standard InChI is InChI=1S/C22H18Cl2N2O3S/c1-14-11-16-12-15(22(27)25-17-8-9-19(23)20(24)13-17)7-10-21(16)26(14)30(28,29)18-5-3-2-4-6-18/h2-10,12-14H,11H2,1H3,(H,25,27)/t14-/m0/s1. The Morgan fingerprint density at radius 2 is 1.73 bits per heavy atom. The smallest absolute Gasteiger partial charge is 0.264 e. The van der Waals surface area contributed by atoms with Gasteiger partial charge in [-0.1, -0.05) is 41.4 Å². The summed E-state index contributed by atoms with van der Waals surface area (Å²) in [5.74, 6) is -0.312. The summed E-state index contributed by atoms with van der Waals surface area (Å²) in [5.41, 5.74) is 2.36. The monoisotopic (exact) mass is 460 g/mol. The van der Waals surface area contributed by atoms with Gasteiger partial charge in [0.1, 0.15) is 0 Å². The number of anilines is 2. The summed E-state index contributed by atoms with van der Waals surface area (Å²) in [6.45, 7) is 1.86. The second kappa shape index (κ2) is 7.95. The average Bonchev–Trinajstić information content (AvgIpc) is 3.07. The number of carbonyl (C=O) groups excluding carboxylic acids is 1. The number of amides is 1. The fourth-order valence-corrected chi connectivity index (χ4v) is 5.61. The van der Waals surface area contributed by atoms with Crippen molar-refractivity contribution in [2.24, 2.45) is 0 Å². The predicted octanol–water partition coefficient (Wildman–Crippen LogP) is 5.39. The first-order chi connectivity index (χ1) is 14.3. The largest absolute Gasteiger partial charge is 0.322 e. The van der Waals surface area contributed by atoms with Crippen LogP contribution in [0.15, 0.2) is 71.6 Å². The minimum Gasteiger partial charge on any atom is -0.322 e. The summed E-state index contributed by atoms with van der Waals surface area (Å²) < 4.78 is 27.7. The first-order valence-corrected chi connectivity index (χ1v) is 11.5. The fourth-order valence-electron chi connectivity index (χ4n) is 3.59. The van der Waals surface area contributed by atoms with Crippen LogP contribution >= 0.6 is 23.2 Å². The molecule has 154 valence electrons. The zero-order valence-corrected chi connectivity index (χ0v) is 18.3. The molecule has 0 saturated carbocycles. The molecule has 4 rings (SSSR count). The molecule has 0 spiro atoms. The lowest BCUT2D eigenvalue weighted by atomic mass is 10.1. The summed E-state index contributed by atoms with van der Waals surface area (Å²) in [7, 11) is -3.69. The molecule has 1 aliphatic heterocycles. The van der Waals surface area contributed by atoms with Crippen LogP contribution in [-0.4, -0.2) is 20.4 Å². The zero-order chi connectivity index (χ0) is 21.5. The van der Waals surface area contributed by atoms with Gasteiger partial charge in [-0.3, -0.25) is 9.10 Å². The van der Waals surface area contributed by atoms with Gasteiger partial charge >= 0.3 is 0 Å². The molecular weight excluding hydrogens is 443 g/mol. The number of hydrogen-bond acceptors (Lipinski definition) is 3. The number of carbonyl (C=O) groups is 1. The first-order valence-electron chi connectivity index (χ1n) is 9.26. The van der Waals surface area contributed by atoms with E-state index < -0.39 is 10.0 Å². The minimum absolute atomic E-state index is 0.242. The van der Waals surface area contributed by atoms with Crippen LogP contribution in [0.3, 0.4) is 0 Å². The molecule has 0 bridgehead atoms. The van der Waals surface area contributed by atoms with Gasteiger partial charge in [-0.05, 0) is 67.4 Å². The predicted molar refractivity (Wildman–Crippen MR) is 120 cm³/mol. The maximum atomic E-state index is 13.2. The van der Waals surface area contributed by atoms with Crippen LogP contribution < -0.4 is 9.62 Å². The number of nitrogens with zero attached hydrogens (tertiary/aromatic N) is 1. The summed E-state index contributed by atoms with van der Waals surface area (Å²) in [4.78, 5) is 12.9. The average molecular weight is 461 g/mol. The van der Waals surface area contributed by atoms with E-state index in [2.05, 4.69) is 5.32 Å². The van der Waals surface area contributed by atoms with E-state index in [4.69, 9.17) is 23.2 Å². The molecule has 3 aromatic rings. The van der Waals surface area contributed by atoms with Crippen molar-refractivity contribution in [3.8, 4) is 0 Å². The molecule has 30 heavy (non-hydrogen) atoms. The highest BCUT2D eigenvalue weighted by Crippen LogP contribution is 2.37. The number of fused-ring (bicyclic) bond motifs is 1. The van der Waals surface area contributed by atoms with E-state index >= 15 is 0 Å². The van der Waals surface area contributed by atoms with Crippen molar-refractivity contribution in [1.29, 1.82) is 0 Å². The SMILES string of the molecule is C[C@H]1Cc2cc(C(=O)Nc3ccc(Cl)c(Cl)c3)ccc2N1S(=O)(=O)c1ccccc1. The molecule has 3 aromatic carbocycles. The molecule has 0 aromatic heterocycles. The van der Waals surface area contributed by atoms with E-state index in [0.29, 0.717) is 33.4 Å². The Hall–Kier alpha value is -2.54. The Morgan fingerprint density at radius 1 is 1.00 bits per heavy atom. The molecule has 1 atom stereocenters. The lowest BCUT2D eigenvalue weighted by Crippen LogP contribution is -2.35. The number of sulfonamides is 1. The van der Waals surface area contributed by atoms with Crippen molar-refractivity contribution in [3.05, 3.63) is 87.9 Å². The Balaban J connectivity index is 1.62. The van der Waals surface area contributed by atoms with Crippen LogP contribution in [0.25, 0.3) is 0 Å². The lowest BCUT2D eigenvalue weighted by Gasteiger charge is -2.24. The highest BCUT2D eigenvalue weighted by atomic mass is 35.5. The molecule has 1 aliphatic rings. The highest BCUT2D eigenvalue weighted by Gasteiger charge is 2.36. The minimum atomic E-state index is -3.69. The van der Waals surface area contributed by atoms with Gasteiger partial charge in [0.15, 0.2) is 0 Å². The third-order valence-electron chi connectivity index (χ3n) is 4.97. The molecule has 0 fully saturated rings. The number of nitrogens with one attached hydrogen (secondary N) is 1. The molecule has 1 heterocycles. The Labute approximate surface area is 185 Å². The van der Waals surface area contributed by atoms with Crippen LogP contribution in [0.1, 0.15) is 22.8 Å². The molecule has 0 aliphatic carbocycles. The number of halogens is 2. The normalized spacial score (nSPS) is 15.7. The summed E-state index contributed by atoms with van der Waals surface area (Å²) in [5, 5.41) is 3.53. The van der Waals surface area contributed by atoms with E-state index in [1.165, 1.54) is 4.31 Å². The van der Waals surface area contributed by atoms with Crippen LogP contribution in [0.4, 0.5) is 11.4 Å². The van der Waals surface area contributed by atoms with Crippen molar-refractivity contribution < 1.29 is 13.2 Å². The van der Waals surface area contributed by atoms with Gasteiger partial charge in [0.2, 0.25) is 0 Å². The van der Waals surface area contributed by atoms with Gasteiger partial charge < -0.3 is 5.32 Å². The van der Waals surface area contributed by atoms with Crippen molar-refractivity contribution in [2.75, 3.05) is 9.62 Å². The van der Waals surface area contributed by atoms with Gasteiger partial charge in [0, 0.05) is 17.3 Å². The van der Waals surface area contributed by atoms with E-state index in [-0.39, 0.29) is 16.8 Å². The van der Waals surface area contributed by atoms with Crippen LogP contribution in [0.2, 0.25) is 10.0 Å². The molecule has 1 N–H and O–H groups in total. The van der Waals surface area contributed by atoms with Crippen molar-refractivity contribution >= 4 is 50.5 Å². The lowest BCUT2D eigenvalue weighted by molar-refractivity contribution is 0.102. The second-order valence-electron chi connectivity index (χ2n) is 7.09. The maximum Gasteiger partial charge on any atom is 0.264 e. The summed E-state index contributed by atoms with van der Waals surface area (Å²) in [6.07, 6.45) is 0.523. The Kier molecular flexibility index (Phi) is 5.49. The van der Waals surface area contributed by atoms with E-state index in [1.54, 1.807) is 66.7 Å². The molecule has 5 nitrogen and oxygen atoms in total. The summed E-state index contributed by atoms with van der Waals surface area (Å²) >= 11 is 11.9. The number of hydrogen-bond donors (Lipinski definition) is 1. The van der Waals surface area contributed by atoms with Gasteiger partial charge in [-0.2, -0.15) is 0 Å². The van der Waals surface area contributed by atoms with Crippen molar-refractivity contribution in [3.63, 3.8) is 0 Å². The molecule has 0 saturated heterocycles. The molecule has 8 heteroatoms. The third kappa shape index (κ3) is 3.78. The summed E-state index contributed by atoms with van der Waals surface area (Å²) in [6, 6.07) is 18.0. The van der Waals surface area contributed by atoms with E-state index in [9.17, 15) is 13.2 Å². The van der Waals surface area contributed by atoms with Gasteiger partial charge in [0.05, 0.1) is 20.6 Å². The Bertz CT molecular complexity index is 1230. The third-order valence-corrected chi connectivity index (χ3v) is 7.65. The molecule has 0 radical (unpaired) electrons. The van der Waals surface area contributed by atoms with E-state index in [0.717, 1.165) is 5.56 Å². The zero-order valence-electron chi connectivity index (χ0n) is 16.0. The second-order valence-corrected chi connectivity index (χ2v) is 9.72.